The van der Waals surface area contributed by atoms with Gasteiger partial charge in [-0.05, 0) is 24.0 Å². The van der Waals surface area contributed by atoms with Gasteiger partial charge in [0.15, 0.2) is 0 Å². The van der Waals surface area contributed by atoms with Crippen LogP contribution in [-0.4, -0.2) is 43.2 Å². The van der Waals surface area contributed by atoms with Gasteiger partial charge in [0, 0.05) is 0 Å². The van der Waals surface area contributed by atoms with Crippen LogP contribution < -0.4 is 0 Å². The van der Waals surface area contributed by atoms with Crippen molar-refractivity contribution in [2.45, 2.75) is 24.5 Å². The number of allylic oxidation sites excluding steroid dienone is 1. The summed E-state index contributed by atoms with van der Waals surface area (Å²) < 4.78 is 11.3. The molecule has 0 amide bonds. The van der Waals surface area contributed by atoms with Crippen molar-refractivity contribution in [2.24, 2.45) is 5.10 Å². The van der Waals surface area contributed by atoms with Crippen LogP contribution in [0.1, 0.15) is 30.0 Å². The van der Waals surface area contributed by atoms with E-state index in [0.29, 0.717) is 19.3 Å². The van der Waals surface area contributed by atoms with Crippen molar-refractivity contribution in [3.8, 4) is 0 Å². The molecule has 2 saturated heterocycles. The molecule has 29 heavy (non-hydrogen) atoms. The first-order valence-electron chi connectivity index (χ1n) is 10.3. The fraction of sp³-hybridized carbons (Fsp3) is 0.320. The number of rotatable bonds is 11. The third kappa shape index (κ3) is 6.14. The molecule has 0 spiro atoms. The average molecular weight is 389 g/mol. The van der Waals surface area contributed by atoms with Gasteiger partial charge in [-0.1, -0.05) is 85.0 Å². The van der Waals surface area contributed by atoms with Crippen molar-refractivity contribution in [3.63, 3.8) is 0 Å². The molecule has 0 saturated carbocycles. The van der Waals surface area contributed by atoms with Crippen molar-refractivity contribution in [3.05, 3.63) is 90.0 Å². The van der Waals surface area contributed by atoms with Crippen LogP contribution in [0.2, 0.25) is 0 Å². The van der Waals surface area contributed by atoms with Gasteiger partial charge in [-0.15, -0.1) is 0 Å². The zero-order valence-corrected chi connectivity index (χ0v) is 16.7. The van der Waals surface area contributed by atoms with E-state index in [1.807, 2.05) is 36.6 Å². The Balaban J connectivity index is 1.09. The second-order valence-corrected chi connectivity index (χ2v) is 7.51. The summed E-state index contributed by atoms with van der Waals surface area (Å²) in [6.45, 7) is 3.02. The maximum absolute atomic E-state index is 5.67. The first-order chi connectivity index (χ1) is 14.3. The molecule has 2 aromatic rings. The Morgan fingerprint density at radius 2 is 1.72 bits per heavy atom. The molecule has 0 radical (unpaired) electrons. The predicted octanol–water partition coefficient (Wildman–Crippen LogP) is 4.86. The van der Waals surface area contributed by atoms with Crippen LogP contribution in [0, 0.1) is 0 Å². The van der Waals surface area contributed by atoms with E-state index in [4.69, 9.17) is 9.47 Å². The van der Waals surface area contributed by atoms with Crippen molar-refractivity contribution in [2.75, 3.05) is 26.4 Å². The molecular formula is C25H28N2O2. The molecule has 4 nitrogen and oxygen atoms in total. The smallest absolute Gasteiger partial charge is 0.129 e. The van der Waals surface area contributed by atoms with Crippen LogP contribution in [0.25, 0.3) is 6.08 Å². The molecule has 2 unspecified atom stereocenters. The Morgan fingerprint density at radius 1 is 1.00 bits per heavy atom. The number of hydrazone groups is 1. The number of ether oxygens (including phenoxy) is 2. The van der Waals surface area contributed by atoms with E-state index >= 15 is 0 Å². The summed E-state index contributed by atoms with van der Waals surface area (Å²) in [5, 5.41) is 6.74. The normalized spacial score (nSPS) is 23.4. The fourth-order valence-electron chi connectivity index (χ4n) is 3.23. The van der Waals surface area contributed by atoms with Crippen molar-refractivity contribution < 1.29 is 9.47 Å². The van der Waals surface area contributed by atoms with E-state index in [2.05, 4.69) is 64.7 Å². The van der Waals surface area contributed by atoms with Crippen molar-refractivity contribution in [1.29, 1.82) is 0 Å². The standard InChI is InChI=1S/C25H28N2O2/c1-4-11-22(12-5-1)13-10-18-28-17-9-3-8-16-25(21-29-25)20-26-27-19-24(27)23-14-6-2-7-15-23/h1-7,9-15,20,24H,8,16-19,21H2/b9-3+,13-10+,26-20+. The molecule has 2 atom stereocenters. The highest BCUT2D eigenvalue weighted by molar-refractivity contribution is 5.72. The minimum absolute atomic E-state index is 0.159. The molecule has 2 heterocycles. The highest BCUT2D eigenvalue weighted by atomic mass is 16.6. The lowest BCUT2D eigenvalue weighted by Gasteiger charge is -2.04. The first-order valence-corrected chi connectivity index (χ1v) is 10.3. The van der Waals surface area contributed by atoms with Crippen LogP contribution in [0.5, 0.6) is 0 Å². The lowest BCUT2D eigenvalue weighted by atomic mass is 10.1. The molecule has 0 bridgehead atoms. The van der Waals surface area contributed by atoms with Gasteiger partial charge in [0.05, 0.1) is 38.6 Å². The molecule has 2 aliphatic heterocycles. The summed E-state index contributed by atoms with van der Waals surface area (Å²) in [7, 11) is 0. The average Bonchev–Trinajstić information content (AvgIpc) is 3.69. The molecule has 150 valence electrons. The lowest BCUT2D eigenvalue weighted by molar-refractivity contribution is 0.194. The third-order valence-corrected chi connectivity index (χ3v) is 5.17. The van der Waals surface area contributed by atoms with E-state index in [-0.39, 0.29) is 5.60 Å². The molecule has 2 aromatic carbocycles. The largest absolute Gasteiger partial charge is 0.373 e. The van der Waals surface area contributed by atoms with Crippen LogP contribution in [0.3, 0.4) is 0 Å². The van der Waals surface area contributed by atoms with Crippen LogP contribution in [0.15, 0.2) is 84.0 Å². The number of benzene rings is 2. The Labute approximate surface area is 173 Å². The Bertz CT molecular complexity index is 842. The monoisotopic (exact) mass is 388 g/mol. The van der Waals surface area contributed by atoms with Crippen LogP contribution in [0.4, 0.5) is 0 Å². The Kier molecular flexibility index (Phi) is 6.55. The highest BCUT2D eigenvalue weighted by Gasteiger charge is 2.43. The molecule has 2 aliphatic rings. The zero-order chi connectivity index (χ0) is 19.8. The number of nitrogens with zero attached hydrogens (tertiary/aromatic N) is 2. The van der Waals surface area contributed by atoms with Crippen molar-refractivity contribution >= 4 is 12.3 Å². The zero-order valence-electron chi connectivity index (χ0n) is 16.7. The summed E-state index contributed by atoms with van der Waals surface area (Å²) in [5.41, 5.74) is 2.37. The van der Waals surface area contributed by atoms with Gasteiger partial charge in [-0.2, -0.15) is 5.10 Å². The van der Waals surface area contributed by atoms with Gasteiger partial charge in [0.2, 0.25) is 0 Å². The second-order valence-electron chi connectivity index (χ2n) is 7.51. The lowest BCUT2D eigenvalue weighted by Crippen LogP contribution is -2.13. The quantitative estimate of drug-likeness (QED) is 0.239. The molecule has 0 aliphatic carbocycles. The maximum atomic E-state index is 5.67. The fourth-order valence-corrected chi connectivity index (χ4v) is 3.23. The minimum atomic E-state index is -0.159. The molecule has 2 fully saturated rings. The molecule has 4 rings (SSSR count). The first kappa shape index (κ1) is 19.6. The van der Waals surface area contributed by atoms with E-state index < -0.39 is 0 Å². The predicted molar refractivity (Wildman–Crippen MR) is 118 cm³/mol. The number of hydrogen-bond acceptors (Lipinski definition) is 4. The van der Waals surface area contributed by atoms with E-state index in [0.717, 1.165) is 26.0 Å². The Hall–Kier alpha value is -2.69. The molecule has 4 heteroatoms. The van der Waals surface area contributed by atoms with Gasteiger partial charge in [-0.25, -0.2) is 0 Å². The van der Waals surface area contributed by atoms with Gasteiger partial charge < -0.3 is 9.47 Å². The third-order valence-electron chi connectivity index (χ3n) is 5.17. The minimum Gasteiger partial charge on any atom is -0.373 e. The molecule has 0 aromatic heterocycles. The van der Waals surface area contributed by atoms with Crippen LogP contribution in [-0.2, 0) is 9.47 Å². The number of epoxide rings is 1. The molecule has 0 N–H and O–H groups in total. The summed E-state index contributed by atoms with van der Waals surface area (Å²) in [4.78, 5) is 0. The maximum Gasteiger partial charge on any atom is 0.129 e. The summed E-state index contributed by atoms with van der Waals surface area (Å²) in [6, 6.07) is 21.2. The van der Waals surface area contributed by atoms with Crippen LogP contribution >= 0.6 is 0 Å². The van der Waals surface area contributed by atoms with E-state index in [1.54, 1.807) is 0 Å². The van der Waals surface area contributed by atoms with E-state index in [1.165, 1.54) is 11.1 Å². The highest BCUT2D eigenvalue weighted by Crippen LogP contribution is 2.36. The summed E-state index contributed by atoms with van der Waals surface area (Å²) in [6.07, 6.45) is 12.3. The van der Waals surface area contributed by atoms with Gasteiger partial charge in [-0.3, -0.25) is 5.01 Å². The van der Waals surface area contributed by atoms with Gasteiger partial charge >= 0.3 is 0 Å². The van der Waals surface area contributed by atoms with Gasteiger partial charge in [0.25, 0.3) is 0 Å². The summed E-state index contributed by atoms with van der Waals surface area (Å²) >= 11 is 0. The Morgan fingerprint density at radius 3 is 2.48 bits per heavy atom. The topological polar surface area (TPSA) is 37.1 Å². The van der Waals surface area contributed by atoms with Gasteiger partial charge in [0.1, 0.15) is 5.60 Å². The molecular weight excluding hydrogens is 360 g/mol. The second kappa shape index (κ2) is 9.68. The summed E-state index contributed by atoms with van der Waals surface area (Å²) in [5.74, 6) is 0. The van der Waals surface area contributed by atoms with E-state index in [9.17, 15) is 0 Å². The SMILES string of the molecule is C(=C\COC/C=C/c1ccccc1)/CCC1(/C=N/N2CC2c2ccccc2)CO1. The number of hydrogen-bond donors (Lipinski definition) is 0. The van der Waals surface area contributed by atoms with Crippen molar-refractivity contribution in [1.82, 2.24) is 5.01 Å².